The third-order valence-corrected chi connectivity index (χ3v) is 3.62. The SMILES string of the molecule is CC(C)C(C)CNc1c(F)cc(N)c2cccnc12. The van der Waals surface area contributed by atoms with Crippen molar-refractivity contribution in [3.8, 4) is 0 Å². The highest BCUT2D eigenvalue weighted by Gasteiger charge is 2.13. The standard InChI is InChI=1S/C15H20FN3/c1-9(2)10(3)8-19-15-12(16)7-13(17)11-5-4-6-18-14(11)15/h4-7,9-10,19H,8,17H2,1-3H3. The maximum Gasteiger partial charge on any atom is 0.150 e. The lowest BCUT2D eigenvalue weighted by Gasteiger charge is -2.18. The van der Waals surface area contributed by atoms with Gasteiger partial charge in [-0.15, -0.1) is 0 Å². The zero-order chi connectivity index (χ0) is 14.0. The molecule has 102 valence electrons. The molecule has 0 saturated heterocycles. The molecule has 0 aliphatic carbocycles. The van der Waals surface area contributed by atoms with Crippen LogP contribution in [-0.2, 0) is 0 Å². The van der Waals surface area contributed by atoms with E-state index in [0.717, 1.165) is 5.39 Å². The molecule has 1 aromatic heterocycles. The van der Waals surface area contributed by atoms with Gasteiger partial charge in [-0.25, -0.2) is 4.39 Å². The van der Waals surface area contributed by atoms with Gasteiger partial charge in [0.15, 0.2) is 5.82 Å². The molecule has 0 aliphatic rings. The number of fused-ring (bicyclic) bond motifs is 1. The number of nitrogens with zero attached hydrogens (tertiary/aromatic N) is 1. The van der Waals surface area contributed by atoms with E-state index in [0.29, 0.717) is 35.3 Å². The van der Waals surface area contributed by atoms with E-state index >= 15 is 0 Å². The Balaban J connectivity index is 2.37. The summed E-state index contributed by atoms with van der Waals surface area (Å²) in [7, 11) is 0. The van der Waals surface area contributed by atoms with E-state index in [1.165, 1.54) is 6.07 Å². The normalized spacial score (nSPS) is 12.9. The average molecular weight is 261 g/mol. The molecule has 0 amide bonds. The Bertz CT molecular complexity index is 581. The first-order chi connectivity index (χ1) is 9.00. The molecule has 1 unspecified atom stereocenters. The topological polar surface area (TPSA) is 50.9 Å². The largest absolute Gasteiger partial charge is 0.398 e. The molecule has 4 heteroatoms. The minimum Gasteiger partial charge on any atom is -0.398 e. The minimum absolute atomic E-state index is 0.348. The molecular weight excluding hydrogens is 241 g/mol. The first kappa shape index (κ1) is 13.6. The van der Waals surface area contributed by atoms with Gasteiger partial charge in [0.2, 0.25) is 0 Å². The van der Waals surface area contributed by atoms with Crippen LogP contribution >= 0.6 is 0 Å². The number of hydrogen-bond donors (Lipinski definition) is 2. The van der Waals surface area contributed by atoms with E-state index in [4.69, 9.17) is 5.73 Å². The quantitative estimate of drug-likeness (QED) is 0.826. The number of nitrogen functional groups attached to an aromatic ring is 1. The lowest BCUT2D eigenvalue weighted by atomic mass is 9.98. The lowest BCUT2D eigenvalue weighted by molar-refractivity contribution is 0.439. The second kappa shape index (κ2) is 5.43. The Morgan fingerprint density at radius 2 is 2.11 bits per heavy atom. The summed E-state index contributed by atoms with van der Waals surface area (Å²) in [4.78, 5) is 4.24. The number of rotatable bonds is 4. The van der Waals surface area contributed by atoms with Crippen molar-refractivity contribution in [2.45, 2.75) is 20.8 Å². The van der Waals surface area contributed by atoms with Crippen molar-refractivity contribution in [1.82, 2.24) is 4.98 Å². The molecule has 0 aliphatic heterocycles. The molecule has 3 N–H and O–H groups in total. The average Bonchev–Trinajstić information content (AvgIpc) is 2.38. The molecule has 1 atom stereocenters. The van der Waals surface area contributed by atoms with Gasteiger partial charge in [-0.1, -0.05) is 20.8 Å². The Morgan fingerprint density at radius 1 is 1.37 bits per heavy atom. The van der Waals surface area contributed by atoms with Gasteiger partial charge in [-0.3, -0.25) is 4.98 Å². The summed E-state index contributed by atoms with van der Waals surface area (Å²) in [6.45, 7) is 7.16. The summed E-state index contributed by atoms with van der Waals surface area (Å²) in [5.41, 5.74) is 7.28. The second-order valence-corrected chi connectivity index (χ2v) is 5.32. The van der Waals surface area contributed by atoms with Crippen LogP contribution in [0.1, 0.15) is 20.8 Å². The molecule has 2 aromatic rings. The van der Waals surface area contributed by atoms with Gasteiger partial charge in [-0.2, -0.15) is 0 Å². The van der Waals surface area contributed by atoms with Crippen molar-refractivity contribution in [3.05, 3.63) is 30.2 Å². The van der Waals surface area contributed by atoms with Gasteiger partial charge in [0.05, 0.1) is 11.2 Å². The molecule has 2 rings (SSSR count). The highest BCUT2D eigenvalue weighted by Crippen LogP contribution is 2.29. The lowest BCUT2D eigenvalue weighted by Crippen LogP contribution is -2.17. The van der Waals surface area contributed by atoms with E-state index in [9.17, 15) is 4.39 Å². The third kappa shape index (κ3) is 2.78. The molecule has 0 radical (unpaired) electrons. The van der Waals surface area contributed by atoms with Crippen LogP contribution < -0.4 is 11.1 Å². The van der Waals surface area contributed by atoms with Crippen LogP contribution in [0.25, 0.3) is 10.9 Å². The number of nitrogens with two attached hydrogens (primary N) is 1. The first-order valence-electron chi connectivity index (χ1n) is 6.57. The number of pyridine rings is 1. The van der Waals surface area contributed by atoms with E-state index in [1.54, 1.807) is 12.3 Å². The van der Waals surface area contributed by atoms with Gasteiger partial charge < -0.3 is 11.1 Å². The predicted molar refractivity (Wildman–Crippen MR) is 78.6 cm³/mol. The van der Waals surface area contributed by atoms with Crippen LogP contribution in [0.4, 0.5) is 15.8 Å². The monoisotopic (exact) mass is 261 g/mol. The number of hydrogen-bond acceptors (Lipinski definition) is 3. The maximum atomic E-state index is 14.0. The van der Waals surface area contributed by atoms with Crippen molar-refractivity contribution in [3.63, 3.8) is 0 Å². The highest BCUT2D eigenvalue weighted by molar-refractivity contribution is 5.98. The maximum absolute atomic E-state index is 14.0. The smallest absolute Gasteiger partial charge is 0.150 e. The zero-order valence-electron chi connectivity index (χ0n) is 11.6. The molecule has 3 nitrogen and oxygen atoms in total. The van der Waals surface area contributed by atoms with E-state index < -0.39 is 0 Å². The zero-order valence-corrected chi connectivity index (χ0v) is 11.6. The molecule has 1 heterocycles. The van der Waals surface area contributed by atoms with Crippen LogP contribution in [0.2, 0.25) is 0 Å². The van der Waals surface area contributed by atoms with E-state index in [1.807, 2.05) is 6.07 Å². The van der Waals surface area contributed by atoms with E-state index in [2.05, 4.69) is 31.1 Å². The minimum atomic E-state index is -0.348. The van der Waals surface area contributed by atoms with Gasteiger partial charge in [0, 0.05) is 23.8 Å². The summed E-state index contributed by atoms with van der Waals surface area (Å²) in [6, 6.07) is 5.01. The number of nitrogens with one attached hydrogen (secondary N) is 1. The van der Waals surface area contributed by atoms with Crippen LogP contribution in [0.15, 0.2) is 24.4 Å². The van der Waals surface area contributed by atoms with Crippen molar-refractivity contribution in [2.75, 3.05) is 17.6 Å². The second-order valence-electron chi connectivity index (χ2n) is 5.32. The number of halogens is 1. The number of benzene rings is 1. The fourth-order valence-electron chi connectivity index (χ4n) is 1.90. The van der Waals surface area contributed by atoms with E-state index in [-0.39, 0.29) is 5.82 Å². The fourth-order valence-corrected chi connectivity index (χ4v) is 1.90. The van der Waals surface area contributed by atoms with Crippen LogP contribution in [-0.4, -0.2) is 11.5 Å². The summed E-state index contributed by atoms with van der Waals surface area (Å²) in [5.74, 6) is 0.652. The Hall–Kier alpha value is -1.84. The summed E-state index contributed by atoms with van der Waals surface area (Å²) < 4.78 is 14.0. The van der Waals surface area contributed by atoms with Crippen LogP contribution in [0.5, 0.6) is 0 Å². The van der Waals surface area contributed by atoms with Gasteiger partial charge in [0.1, 0.15) is 0 Å². The van der Waals surface area contributed by atoms with Crippen molar-refractivity contribution < 1.29 is 4.39 Å². The fraction of sp³-hybridized carbons (Fsp3) is 0.400. The number of aromatic nitrogens is 1. The molecular formula is C15H20FN3. The summed E-state index contributed by atoms with van der Waals surface area (Å²) in [5, 5.41) is 3.95. The van der Waals surface area contributed by atoms with Crippen LogP contribution in [0.3, 0.4) is 0 Å². The molecule has 0 spiro atoms. The van der Waals surface area contributed by atoms with Gasteiger partial charge >= 0.3 is 0 Å². The molecule has 0 bridgehead atoms. The molecule has 0 fully saturated rings. The van der Waals surface area contributed by atoms with Crippen molar-refractivity contribution >= 4 is 22.3 Å². The number of anilines is 2. The van der Waals surface area contributed by atoms with Crippen molar-refractivity contribution in [2.24, 2.45) is 11.8 Å². The molecule has 19 heavy (non-hydrogen) atoms. The molecule has 0 saturated carbocycles. The van der Waals surface area contributed by atoms with Gasteiger partial charge in [-0.05, 0) is 30.0 Å². The Morgan fingerprint density at radius 3 is 2.79 bits per heavy atom. The summed E-state index contributed by atoms with van der Waals surface area (Å²) >= 11 is 0. The van der Waals surface area contributed by atoms with Crippen LogP contribution in [0, 0.1) is 17.7 Å². The Labute approximate surface area is 113 Å². The molecule has 1 aromatic carbocycles. The van der Waals surface area contributed by atoms with Crippen molar-refractivity contribution in [1.29, 1.82) is 0 Å². The highest BCUT2D eigenvalue weighted by atomic mass is 19.1. The Kier molecular flexibility index (Phi) is 3.88. The summed E-state index contributed by atoms with van der Waals surface area (Å²) in [6.07, 6.45) is 1.65. The predicted octanol–water partition coefficient (Wildman–Crippen LogP) is 3.66. The first-order valence-corrected chi connectivity index (χ1v) is 6.57. The van der Waals surface area contributed by atoms with Gasteiger partial charge in [0.25, 0.3) is 0 Å². The third-order valence-electron chi connectivity index (χ3n) is 3.62.